The zero-order valence-electron chi connectivity index (χ0n) is 22.5. The largest absolute Gasteiger partial charge is 2.00 e. The predicted octanol–water partition coefficient (Wildman–Crippen LogP) is 7.80. The molecule has 214 valence electrons. The molecule has 0 amide bonds. The van der Waals surface area contributed by atoms with Crippen molar-refractivity contribution in [2.24, 2.45) is 11.8 Å². The quantitative estimate of drug-likeness (QED) is 0.112. The summed E-state index contributed by atoms with van der Waals surface area (Å²) in [5, 5.41) is 0. The van der Waals surface area contributed by atoms with Crippen LogP contribution < -0.4 is 4.74 Å². The summed E-state index contributed by atoms with van der Waals surface area (Å²) in [4.78, 5) is 31.2. The fourth-order valence-electron chi connectivity index (χ4n) is 2.65. The molecule has 0 N–H and O–H groups in total. The van der Waals surface area contributed by atoms with Gasteiger partial charge in [0.15, 0.2) is 0 Å². The molecule has 0 heterocycles. The number of hydrogen-bond donors (Lipinski definition) is 0. The van der Waals surface area contributed by atoms with Crippen molar-refractivity contribution in [3.8, 4) is 16.9 Å². The van der Waals surface area contributed by atoms with E-state index in [0.29, 0.717) is 12.0 Å². The summed E-state index contributed by atoms with van der Waals surface area (Å²) in [6, 6.07) is 7.28. The number of carbonyl (C=O) groups excluding carboxylic acids is 3. The van der Waals surface area contributed by atoms with Gasteiger partial charge in [-0.05, 0) is 18.6 Å². The molecule has 2 rings (SSSR count). The Morgan fingerprint density at radius 3 is 1.97 bits per heavy atom. The van der Waals surface area contributed by atoms with Gasteiger partial charge in [0.1, 0.15) is 11.6 Å². The van der Waals surface area contributed by atoms with Crippen molar-refractivity contribution >= 4 is 18.5 Å². The third-order valence-corrected chi connectivity index (χ3v) is 5.07. The summed E-state index contributed by atoms with van der Waals surface area (Å²) in [5.74, 6) is -0.506. The van der Waals surface area contributed by atoms with E-state index in [1.165, 1.54) is 31.2 Å². The molecule has 0 aromatic heterocycles. The molecule has 0 fully saturated rings. The van der Waals surface area contributed by atoms with Crippen LogP contribution in [-0.2, 0) is 77.6 Å². The van der Waals surface area contributed by atoms with Crippen LogP contribution in [0, 0.1) is 36.3 Å². The van der Waals surface area contributed by atoms with Crippen molar-refractivity contribution in [3.05, 3.63) is 78.6 Å². The monoisotopic (exact) mass is 1050 g/mol. The summed E-state index contributed by atoms with van der Waals surface area (Å²) < 4.78 is 31.3. The standard InChI is InChI=1S/C15H9F2O3.C8H16.C6H9O.CH4.3W/c1-9(19)20-15-5-2-10(6-11(15)8-18)13-4-3-12(16)7-14(13)17;1-5-7(3)8(4)6-2;1-2-3-4-5-6-7;;;;/h2-7H,1H3;5-8H,1-4H3;3-4H,2,5H2,1H3;1H4;;;/q-1;-2;-1;;;2*+2/b;;4-3-;;;;. The first-order valence-corrected chi connectivity index (χ1v) is 11.4. The molecule has 0 radical (unpaired) electrons. The molecular formula is C30H38F2O4W3. The van der Waals surface area contributed by atoms with Crippen LogP contribution in [0.1, 0.15) is 67.4 Å². The van der Waals surface area contributed by atoms with Crippen LogP contribution in [0.4, 0.5) is 8.78 Å². The fourth-order valence-corrected chi connectivity index (χ4v) is 2.65. The molecule has 0 aliphatic rings. The van der Waals surface area contributed by atoms with Crippen LogP contribution in [0.5, 0.6) is 5.75 Å². The van der Waals surface area contributed by atoms with Gasteiger partial charge in [0, 0.05) is 45.4 Å². The summed E-state index contributed by atoms with van der Waals surface area (Å²) in [7, 11) is 0. The molecule has 39 heavy (non-hydrogen) atoms. The molecule has 4 nitrogen and oxygen atoms in total. The minimum atomic E-state index is -0.748. The summed E-state index contributed by atoms with van der Waals surface area (Å²) >= 11 is 0. The Kier molecular flexibility index (Phi) is 34.8. The van der Waals surface area contributed by atoms with Gasteiger partial charge in [-0.25, -0.2) is 8.78 Å². The van der Waals surface area contributed by atoms with E-state index in [0.717, 1.165) is 30.4 Å². The first-order chi connectivity index (χ1) is 16.6. The minimum absolute atomic E-state index is 0. The molecule has 0 aliphatic heterocycles. The van der Waals surface area contributed by atoms with Crippen LogP contribution in [0.2, 0.25) is 0 Å². The fraction of sp³-hybridized carbons (Fsp3) is 0.367. The maximum atomic E-state index is 13.7. The van der Waals surface area contributed by atoms with E-state index in [1.807, 2.05) is 19.1 Å². The summed E-state index contributed by atoms with van der Waals surface area (Å²) in [6.07, 6.45) is 13.1. The van der Waals surface area contributed by atoms with Crippen LogP contribution in [0.3, 0.4) is 0 Å². The summed E-state index contributed by atoms with van der Waals surface area (Å²) in [5.41, 5.74) is 0.482. The molecule has 0 saturated carbocycles. The first kappa shape index (κ1) is 47.7. The Bertz CT molecular complexity index is 961. The van der Waals surface area contributed by atoms with Gasteiger partial charge in [-0.15, -0.1) is 24.1 Å². The second kappa shape index (κ2) is 28.4. The van der Waals surface area contributed by atoms with Gasteiger partial charge in [-0.1, -0.05) is 52.0 Å². The second-order valence-electron chi connectivity index (χ2n) is 7.64. The molecular weight excluding hydrogens is 1010 g/mol. The van der Waals surface area contributed by atoms with Gasteiger partial charge in [0.05, 0.1) is 6.29 Å². The van der Waals surface area contributed by atoms with Gasteiger partial charge in [-0.2, -0.15) is 25.7 Å². The van der Waals surface area contributed by atoms with E-state index in [1.54, 1.807) is 12.6 Å². The topological polar surface area (TPSA) is 60.4 Å². The van der Waals surface area contributed by atoms with Crippen LogP contribution in [-0.4, -0.2) is 18.5 Å². The second-order valence-corrected chi connectivity index (χ2v) is 7.64. The molecule has 0 saturated heterocycles. The minimum Gasteiger partial charge on any atom is -0.541 e. The van der Waals surface area contributed by atoms with Crippen molar-refractivity contribution < 1.29 is 91.1 Å². The van der Waals surface area contributed by atoms with Crippen molar-refractivity contribution in [3.63, 3.8) is 0 Å². The molecule has 2 unspecified atom stereocenters. The van der Waals surface area contributed by atoms with Gasteiger partial charge in [0.25, 0.3) is 5.97 Å². The number of allylic oxidation sites excluding steroid dienone is 2. The van der Waals surface area contributed by atoms with E-state index >= 15 is 0 Å². The number of esters is 1. The first-order valence-electron chi connectivity index (χ1n) is 11.4. The molecule has 0 spiro atoms. The number of ether oxygens (including phenoxy) is 1. The zero-order chi connectivity index (χ0) is 26.8. The number of carbonyl (C=O) groups is 1. The van der Waals surface area contributed by atoms with Gasteiger partial charge >= 0.3 is 42.1 Å². The molecule has 2 aromatic rings. The van der Waals surface area contributed by atoms with Gasteiger partial charge < -0.3 is 27.2 Å². The van der Waals surface area contributed by atoms with Crippen LogP contribution in [0.15, 0.2) is 48.6 Å². The SMILES string of the molecule is C.CC(=O)Oc1ccc(-c2ccc(F)cc2F)cc1[C-]=O.CC/C=C\C[C-]=O.C[CH-]C(C)C(C)[CH-]C.[W+2].[W+2].[W]. The smallest absolute Gasteiger partial charge is 0.541 e. The Labute approximate surface area is 276 Å². The normalized spacial score (nSPS) is 10.7. The molecule has 0 aliphatic carbocycles. The average Bonchev–Trinajstić information content (AvgIpc) is 2.84. The number of benzene rings is 2. The van der Waals surface area contributed by atoms with E-state index in [4.69, 9.17) is 4.74 Å². The molecule has 0 bridgehead atoms. The summed E-state index contributed by atoms with van der Waals surface area (Å²) in [6.45, 7) is 11.9. The predicted molar refractivity (Wildman–Crippen MR) is 143 cm³/mol. The van der Waals surface area contributed by atoms with Gasteiger partial charge in [-0.3, -0.25) is 11.1 Å². The van der Waals surface area contributed by atoms with E-state index < -0.39 is 17.6 Å². The van der Waals surface area contributed by atoms with E-state index in [-0.39, 0.29) is 87.5 Å². The van der Waals surface area contributed by atoms with Crippen LogP contribution >= 0.6 is 0 Å². The maximum absolute atomic E-state index is 13.7. The Balaban J connectivity index is -0.000000172. The van der Waals surface area contributed by atoms with Crippen molar-refractivity contribution in [1.29, 1.82) is 0 Å². The Morgan fingerprint density at radius 1 is 1.00 bits per heavy atom. The Hall–Kier alpha value is -1.09. The molecule has 9 heteroatoms. The van der Waals surface area contributed by atoms with Crippen molar-refractivity contribution in [1.82, 2.24) is 0 Å². The van der Waals surface area contributed by atoms with E-state index in [9.17, 15) is 23.2 Å². The number of halogens is 2. The van der Waals surface area contributed by atoms with E-state index in [2.05, 4.69) is 40.5 Å². The maximum Gasteiger partial charge on any atom is 2.00 e. The zero-order valence-corrected chi connectivity index (χ0v) is 31.3. The van der Waals surface area contributed by atoms with Crippen molar-refractivity contribution in [2.75, 3.05) is 0 Å². The Morgan fingerprint density at radius 2 is 1.56 bits per heavy atom. The molecule has 2 aromatic carbocycles. The average molecular weight is 1050 g/mol. The third kappa shape index (κ3) is 20.4. The number of rotatable bonds is 9. The molecule has 2 atom stereocenters. The van der Waals surface area contributed by atoms with Crippen molar-refractivity contribution in [2.45, 2.75) is 61.8 Å². The third-order valence-electron chi connectivity index (χ3n) is 5.07. The van der Waals surface area contributed by atoms with Crippen LogP contribution in [0.25, 0.3) is 11.1 Å². The number of hydrogen-bond acceptors (Lipinski definition) is 4. The van der Waals surface area contributed by atoms with Gasteiger partial charge in [0.2, 0.25) is 0 Å².